The number of aliphatic carboxylic acids is 1. The molecule has 0 amide bonds. The lowest BCUT2D eigenvalue weighted by Gasteiger charge is -2.07. The minimum Gasteiger partial charge on any atom is -0.479 e. The average molecular weight is 168 g/mol. The average Bonchev–Trinajstić information content (AvgIpc) is 2.06. The molecule has 0 aliphatic heterocycles. The molecule has 1 heterocycles. The van der Waals surface area contributed by atoms with Crippen LogP contribution in [0.3, 0.4) is 0 Å². The second-order valence-electron chi connectivity index (χ2n) is 2.15. The van der Waals surface area contributed by atoms with Gasteiger partial charge in [-0.15, -0.1) is 0 Å². The standard InChI is InChI=1S/C7H8N2O3/c1-5(7(10)11)12-6-2-3-8-4-9-6/h2-5H,1H3,(H,10,11). The summed E-state index contributed by atoms with van der Waals surface area (Å²) in [5.74, 6) is -0.756. The van der Waals surface area contributed by atoms with Crippen LogP contribution < -0.4 is 4.74 Å². The van der Waals surface area contributed by atoms with E-state index >= 15 is 0 Å². The van der Waals surface area contributed by atoms with Gasteiger partial charge in [-0.1, -0.05) is 0 Å². The van der Waals surface area contributed by atoms with Crippen LogP contribution in [0.4, 0.5) is 0 Å². The van der Waals surface area contributed by atoms with Crippen molar-refractivity contribution < 1.29 is 14.6 Å². The largest absolute Gasteiger partial charge is 0.479 e. The summed E-state index contributed by atoms with van der Waals surface area (Å²) in [4.78, 5) is 17.7. The maximum atomic E-state index is 10.3. The van der Waals surface area contributed by atoms with Crippen LogP contribution in [0, 0.1) is 0 Å². The molecule has 5 nitrogen and oxygen atoms in total. The van der Waals surface area contributed by atoms with E-state index in [0.29, 0.717) is 0 Å². The molecule has 1 rings (SSSR count). The van der Waals surface area contributed by atoms with Gasteiger partial charge in [0.25, 0.3) is 0 Å². The van der Waals surface area contributed by atoms with Gasteiger partial charge in [0.15, 0.2) is 6.10 Å². The molecule has 1 unspecified atom stereocenters. The first-order valence-corrected chi connectivity index (χ1v) is 3.35. The van der Waals surface area contributed by atoms with Gasteiger partial charge in [0.05, 0.1) is 0 Å². The molecule has 1 aromatic heterocycles. The van der Waals surface area contributed by atoms with Gasteiger partial charge < -0.3 is 9.84 Å². The zero-order valence-corrected chi connectivity index (χ0v) is 6.47. The molecular weight excluding hydrogens is 160 g/mol. The van der Waals surface area contributed by atoms with Gasteiger partial charge in [-0.2, -0.15) is 0 Å². The number of rotatable bonds is 3. The zero-order valence-electron chi connectivity index (χ0n) is 6.47. The number of hydrogen-bond acceptors (Lipinski definition) is 4. The van der Waals surface area contributed by atoms with E-state index in [4.69, 9.17) is 9.84 Å². The highest BCUT2D eigenvalue weighted by atomic mass is 16.5. The molecule has 0 radical (unpaired) electrons. The van der Waals surface area contributed by atoms with Crippen LogP contribution >= 0.6 is 0 Å². The Morgan fingerprint density at radius 1 is 1.75 bits per heavy atom. The van der Waals surface area contributed by atoms with Crippen molar-refractivity contribution >= 4 is 5.97 Å². The summed E-state index contributed by atoms with van der Waals surface area (Å²) >= 11 is 0. The van der Waals surface area contributed by atoms with Crippen molar-refractivity contribution in [1.29, 1.82) is 0 Å². The summed E-state index contributed by atoms with van der Waals surface area (Å²) in [6.45, 7) is 1.43. The Morgan fingerprint density at radius 3 is 3.00 bits per heavy atom. The van der Waals surface area contributed by atoms with Gasteiger partial charge >= 0.3 is 5.97 Å². The fourth-order valence-corrected chi connectivity index (χ4v) is 0.580. The molecule has 0 saturated carbocycles. The molecule has 1 atom stereocenters. The number of nitrogens with zero attached hydrogens (tertiary/aromatic N) is 2. The third-order valence-electron chi connectivity index (χ3n) is 1.20. The Bertz CT molecular complexity index is 263. The number of carboxylic acids is 1. The van der Waals surface area contributed by atoms with E-state index in [0.717, 1.165) is 0 Å². The van der Waals surface area contributed by atoms with Gasteiger partial charge in [-0.25, -0.2) is 14.8 Å². The summed E-state index contributed by atoms with van der Waals surface area (Å²) in [7, 11) is 0. The minimum absolute atomic E-state index is 0.264. The van der Waals surface area contributed by atoms with Crippen molar-refractivity contribution in [3.8, 4) is 5.88 Å². The van der Waals surface area contributed by atoms with Crippen molar-refractivity contribution in [3.05, 3.63) is 18.6 Å². The van der Waals surface area contributed by atoms with E-state index < -0.39 is 12.1 Å². The Kier molecular flexibility index (Phi) is 2.57. The van der Waals surface area contributed by atoms with Gasteiger partial charge in [0.1, 0.15) is 6.33 Å². The third-order valence-corrected chi connectivity index (χ3v) is 1.20. The van der Waals surface area contributed by atoms with Gasteiger partial charge in [0.2, 0.25) is 5.88 Å². The highest BCUT2D eigenvalue weighted by Crippen LogP contribution is 2.04. The van der Waals surface area contributed by atoms with Crippen LogP contribution in [0.25, 0.3) is 0 Å². The van der Waals surface area contributed by atoms with Crippen LogP contribution in [0.15, 0.2) is 18.6 Å². The number of carbonyl (C=O) groups is 1. The first-order chi connectivity index (χ1) is 5.70. The lowest BCUT2D eigenvalue weighted by Crippen LogP contribution is -2.23. The lowest BCUT2D eigenvalue weighted by atomic mass is 10.4. The second kappa shape index (κ2) is 3.66. The van der Waals surface area contributed by atoms with Crippen LogP contribution in [0.5, 0.6) is 5.88 Å². The summed E-state index contributed by atoms with van der Waals surface area (Å²) in [6, 6.07) is 1.50. The van der Waals surface area contributed by atoms with Gasteiger partial charge in [-0.3, -0.25) is 0 Å². The normalized spacial score (nSPS) is 12.1. The number of aromatic nitrogens is 2. The van der Waals surface area contributed by atoms with E-state index in [1.54, 1.807) is 0 Å². The molecule has 0 aliphatic rings. The molecule has 5 heteroatoms. The summed E-state index contributed by atoms with van der Waals surface area (Å²) in [6.07, 6.45) is 1.89. The molecule has 64 valence electrons. The Morgan fingerprint density at radius 2 is 2.50 bits per heavy atom. The number of ether oxygens (including phenoxy) is 1. The number of hydrogen-bond donors (Lipinski definition) is 1. The lowest BCUT2D eigenvalue weighted by molar-refractivity contribution is -0.144. The highest BCUT2D eigenvalue weighted by molar-refractivity contribution is 5.72. The van der Waals surface area contributed by atoms with Gasteiger partial charge in [-0.05, 0) is 6.92 Å². The van der Waals surface area contributed by atoms with E-state index in [9.17, 15) is 4.79 Å². The molecular formula is C7H8N2O3. The topological polar surface area (TPSA) is 72.3 Å². The predicted molar refractivity (Wildman–Crippen MR) is 39.8 cm³/mol. The Balaban J connectivity index is 2.58. The molecule has 0 spiro atoms. The molecule has 1 N–H and O–H groups in total. The third kappa shape index (κ3) is 2.19. The molecule has 1 aromatic rings. The van der Waals surface area contributed by atoms with Crippen molar-refractivity contribution in [1.82, 2.24) is 9.97 Å². The molecule has 0 aromatic carbocycles. The van der Waals surface area contributed by atoms with Crippen molar-refractivity contribution in [2.24, 2.45) is 0 Å². The molecule has 12 heavy (non-hydrogen) atoms. The van der Waals surface area contributed by atoms with Crippen molar-refractivity contribution in [3.63, 3.8) is 0 Å². The highest BCUT2D eigenvalue weighted by Gasteiger charge is 2.12. The predicted octanol–water partition coefficient (Wildman–Crippen LogP) is 0.328. The van der Waals surface area contributed by atoms with Crippen molar-refractivity contribution in [2.75, 3.05) is 0 Å². The fraction of sp³-hybridized carbons (Fsp3) is 0.286. The van der Waals surface area contributed by atoms with E-state index in [2.05, 4.69) is 9.97 Å². The first kappa shape index (κ1) is 8.45. The Hall–Kier alpha value is -1.65. The number of carboxylic acid groups (broad SMARTS) is 1. The molecule has 0 fully saturated rings. The maximum absolute atomic E-state index is 10.3. The minimum atomic E-state index is -1.02. The summed E-state index contributed by atoms with van der Waals surface area (Å²) < 4.78 is 4.93. The van der Waals surface area contributed by atoms with Crippen LogP contribution in [0.2, 0.25) is 0 Å². The zero-order chi connectivity index (χ0) is 8.97. The van der Waals surface area contributed by atoms with E-state index in [1.807, 2.05) is 0 Å². The van der Waals surface area contributed by atoms with Crippen LogP contribution in [0.1, 0.15) is 6.92 Å². The molecule has 0 bridgehead atoms. The van der Waals surface area contributed by atoms with E-state index in [-0.39, 0.29) is 5.88 Å². The summed E-state index contributed by atoms with van der Waals surface area (Å²) in [5.41, 5.74) is 0. The SMILES string of the molecule is CC(Oc1ccncn1)C(=O)O. The van der Waals surface area contributed by atoms with Gasteiger partial charge in [0, 0.05) is 12.3 Å². The van der Waals surface area contributed by atoms with Crippen LogP contribution in [-0.2, 0) is 4.79 Å². The van der Waals surface area contributed by atoms with Crippen molar-refractivity contribution in [2.45, 2.75) is 13.0 Å². The van der Waals surface area contributed by atoms with Crippen LogP contribution in [-0.4, -0.2) is 27.1 Å². The first-order valence-electron chi connectivity index (χ1n) is 3.35. The molecule has 0 saturated heterocycles. The Labute approximate surface area is 69.0 Å². The quantitative estimate of drug-likeness (QED) is 0.704. The maximum Gasteiger partial charge on any atom is 0.344 e. The monoisotopic (exact) mass is 168 g/mol. The fourth-order valence-electron chi connectivity index (χ4n) is 0.580. The van der Waals surface area contributed by atoms with E-state index in [1.165, 1.54) is 25.5 Å². The summed E-state index contributed by atoms with van der Waals surface area (Å²) in [5, 5.41) is 8.47. The molecule has 0 aliphatic carbocycles. The second-order valence-corrected chi connectivity index (χ2v) is 2.15. The smallest absolute Gasteiger partial charge is 0.344 e.